The van der Waals surface area contributed by atoms with Gasteiger partial charge in [0, 0.05) is 7.11 Å². The first-order valence-corrected chi connectivity index (χ1v) is 5.83. The number of ether oxygens (including phenoxy) is 1. The molecule has 18 heavy (non-hydrogen) atoms. The van der Waals surface area contributed by atoms with Crippen LogP contribution in [-0.4, -0.2) is 37.0 Å². The molecule has 1 unspecified atom stereocenters. The lowest BCUT2D eigenvalue weighted by atomic mass is 10.1. The summed E-state index contributed by atoms with van der Waals surface area (Å²) in [6, 6.07) is 6.48. The maximum atomic E-state index is 11.6. The molecular formula is C12H17ClN2O3. The molecule has 2 amide bonds. The molecule has 100 valence electrons. The smallest absolute Gasteiger partial charge is 0.319 e. The normalized spacial score (nSPS) is 13.8. The van der Waals surface area contributed by atoms with Crippen molar-refractivity contribution >= 4 is 23.3 Å². The molecule has 6 heteroatoms. The van der Waals surface area contributed by atoms with Crippen molar-refractivity contribution < 1.29 is 14.6 Å². The number of methoxy groups -OCH3 is 1. The molecule has 0 bridgehead atoms. The van der Waals surface area contributed by atoms with E-state index in [-0.39, 0.29) is 13.2 Å². The number of nitrogens with one attached hydrogen (secondary N) is 2. The highest BCUT2D eigenvalue weighted by Gasteiger charge is 2.21. The summed E-state index contributed by atoms with van der Waals surface area (Å²) in [6.45, 7) is 1.79. The summed E-state index contributed by atoms with van der Waals surface area (Å²) in [4.78, 5) is 11.6. The molecule has 1 rings (SSSR count). The Morgan fingerprint density at radius 2 is 2.17 bits per heavy atom. The molecule has 3 N–H and O–H groups in total. The van der Waals surface area contributed by atoms with Crippen molar-refractivity contribution in [2.75, 3.05) is 25.6 Å². The van der Waals surface area contributed by atoms with Crippen LogP contribution in [0.4, 0.5) is 10.5 Å². The zero-order valence-corrected chi connectivity index (χ0v) is 11.1. The average Bonchev–Trinajstić information content (AvgIpc) is 2.30. The van der Waals surface area contributed by atoms with E-state index < -0.39 is 11.6 Å². The maximum Gasteiger partial charge on any atom is 0.319 e. The Labute approximate surface area is 111 Å². The number of hydrogen-bond donors (Lipinski definition) is 3. The molecule has 0 heterocycles. The molecule has 0 aromatic heterocycles. The van der Waals surface area contributed by atoms with Gasteiger partial charge in [-0.25, -0.2) is 4.79 Å². The second kappa shape index (κ2) is 6.58. The van der Waals surface area contributed by atoms with Crippen molar-refractivity contribution in [1.29, 1.82) is 0 Å². The first-order chi connectivity index (χ1) is 8.44. The third-order valence-electron chi connectivity index (χ3n) is 2.21. The zero-order chi connectivity index (χ0) is 13.6. The quantitative estimate of drug-likeness (QED) is 0.766. The van der Waals surface area contributed by atoms with Gasteiger partial charge in [0.2, 0.25) is 0 Å². The summed E-state index contributed by atoms with van der Waals surface area (Å²) in [5, 5.41) is 15.4. The van der Waals surface area contributed by atoms with E-state index in [1.54, 1.807) is 31.2 Å². The van der Waals surface area contributed by atoms with Crippen molar-refractivity contribution in [3.63, 3.8) is 0 Å². The lowest BCUT2D eigenvalue weighted by Crippen LogP contribution is -2.45. The van der Waals surface area contributed by atoms with Crippen LogP contribution in [0.1, 0.15) is 6.92 Å². The summed E-state index contributed by atoms with van der Waals surface area (Å²) in [6.07, 6.45) is 0. The average molecular weight is 273 g/mol. The molecule has 0 saturated carbocycles. The van der Waals surface area contributed by atoms with Crippen LogP contribution in [-0.2, 0) is 4.74 Å². The second-order valence-corrected chi connectivity index (χ2v) is 4.62. The number of hydrogen-bond acceptors (Lipinski definition) is 3. The number of urea groups is 1. The largest absolute Gasteiger partial charge is 0.386 e. The van der Waals surface area contributed by atoms with Gasteiger partial charge in [0.25, 0.3) is 0 Å². The Hall–Kier alpha value is -1.30. The van der Waals surface area contributed by atoms with E-state index in [1.807, 2.05) is 0 Å². The molecule has 1 aromatic carbocycles. The minimum atomic E-state index is -1.10. The van der Waals surface area contributed by atoms with Gasteiger partial charge in [0.1, 0.15) is 5.60 Å². The number of rotatable bonds is 5. The summed E-state index contributed by atoms with van der Waals surface area (Å²) in [5.41, 5.74) is -0.588. The van der Waals surface area contributed by atoms with Gasteiger partial charge in [-0.05, 0) is 19.1 Å². The van der Waals surface area contributed by atoms with Crippen LogP contribution in [0.3, 0.4) is 0 Å². The number of para-hydroxylation sites is 1. The number of anilines is 1. The highest BCUT2D eigenvalue weighted by molar-refractivity contribution is 6.33. The fourth-order valence-corrected chi connectivity index (χ4v) is 1.54. The Bertz CT molecular complexity index is 410. The van der Waals surface area contributed by atoms with Crippen LogP contribution in [0, 0.1) is 0 Å². The Balaban J connectivity index is 2.46. The van der Waals surface area contributed by atoms with Gasteiger partial charge in [-0.1, -0.05) is 23.7 Å². The number of carbonyl (C=O) groups excluding carboxylic acids is 1. The molecule has 0 radical (unpaired) electrons. The molecule has 0 aliphatic carbocycles. The van der Waals surface area contributed by atoms with E-state index in [2.05, 4.69) is 10.6 Å². The maximum absolute atomic E-state index is 11.6. The number of benzene rings is 1. The molecule has 0 aliphatic heterocycles. The van der Waals surface area contributed by atoms with Gasteiger partial charge in [0.05, 0.1) is 23.9 Å². The van der Waals surface area contributed by atoms with Crippen molar-refractivity contribution in [2.45, 2.75) is 12.5 Å². The SMILES string of the molecule is COCC(C)(O)CNC(=O)Nc1ccccc1Cl. The molecule has 5 nitrogen and oxygen atoms in total. The third kappa shape index (κ3) is 4.91. The van der Waals surface area contributed by atoms with Gasteiger partial charge >= 0.3 is 6.03 Å². The Morgan fingerprint density at radius 1 is 1.50 bits per heavy atom. The summed E-state index contributed by atoms with van der Waals surface area (Å²) >= 11 is 5.90. The number of halogens is 1. The molecule has 0 fully saturated rings. The third-order valence-corrected chi connectivity index (χ3v) is 2.54. The standard InChI is InChI=1S/C12H17ClN2O3/c1-12(17,8-18-2)7-14-11(16)15-10-6-4-3-5-9(10)13/h3-6,17H,7-8H2,1-2H3,(H2,14,15,16). The molecule has 1 atom stereocenters. The Morgan fingerprint density at radius 3 is 2.78 bits per heavy atom. The zero-order valence-electron chi connectivity index (χ0n) is 10.4. The number of amides is 2. The van der Waals surface area contributed by atoms with Crippen molar-refractivity contribution in [1.82, 2.24) is 5.32 Å². The molecule has 0 aliphatic rings. The highest BCUT2D eigenvalue weighted by Crippen LogP contribution is 2.20. The Kier molecular flexibility index (Phi) is 5.40. The summed E-state index contributed by atoms with van der Waals surface area (Å²) < 4.78 is 4.83. The van der Waals surface area contributed by atoms with Crippen LogP contribution in [0.15, 0.2) is 24.3 Å². The van der Waals surface area contributed by atoms with Gasteiger partial charge in [-0.15, -0.1) is 0 Å². The number of aliphatic hydroxyl groups is 1. The fourth-order valence-electron chi connectivity index (χ4n) is 1.36. The van der Waals surface area contributed by atoms with E-state index in [0.29, 0.717) is 10.7 Å². The van der Waals surface area contributed by atoms with E-state index >= 15 is 0 Å². The van der Waals surface area contributed by atoms with Crippen LogP contribution in [0.25, 0.3) is 0 Å². The lowest BCUT2D eigenvalue weighted by molar-refractivity contribution is -0.0133. The van der Waals surface area contributed by atoms with Crippen LogP contribution < -0.4 is 10.6 Å². The van der Waals surface area contributed by atoms with Crippen molar-refractivity contribution in [2.24, 2.45) is 0 Å². The van der Waals surface area contributed by atoms with Gasteiger partial charge in [-0.2, -0.15) is 0 Å². The van der Waals surface area contributed by atoms with E-state index in [4.69, 9.17) is 16.3 Å². The van der Waals surface area contributed by atoms with E-state index in [0.717, 1.165) is 0 Å². The monoisotopic (exact) mass is 272 g/mol. The second-order valence-electron chi connectivity index (χ2n) is 4.22. The minimum absolute atomic E-state index is 0.0805. The molecule has 0 saturated heterocycles. The molecule has 1 aromatic rings. The topological polar surface area (TPSA) is 70.6 Å². The van der Waals surface area contributed by atoms with E-state index in [1.165, 1.54) is 7.11 Å². The first-order valence-electron chi connectivity index (χ1n) is 5.45. The van der Waals surface area contributed by atoms with Gasteiger partial charge in [-0.3, -0.25) is 0 Å². The number of carbonyl (C=O) groups is 1. The minimum Gasteiger partial charge on any atom is -0.386 e. The fraction of sp³-hybridized carbons (Fsp3) is 0.417. The molecule has 0 spiro atoms. The lowest BCUT2D eigenvalue weighted by Gasteiger charge is -2.22. The van der Waals surface area contributed by atoms with E-state index in [9.17, 15) is 9.90 Å². The predicted molar refractivity (Wildman–Crippen MR) is 71.0 cm³/mol. The van der Waals surface area contributed by atoms with Crippen LogP contribution in [0.2, 0.25) is 5.02 Å². The molecular weight excluding hydrogens is 256 g/mol. The van der Waals surface area contributed by atoms with Crippen molar-refractivity contribution in [3.8, 4) is 0 Å². The summed E-state index contributed by atoms with van der Waals surface area (Å²) in [5.74, 6) is 0. The predicted octanol–water partition coefficient (Wildman–Crippen LogP) is 1.86. The highest BCUT2D eigenvalue weighted by atomic mass is 35.5. The van der Waals surface area contributed by atoms with Gasteiger partial charge in [0.15, 0.2) is 0 Å². The summed E-state index contributed by atoms with van der Waals surface area (Å²) in [7, 11) is 1.48. The van der Waals surface area contributed by atoms with Crippen LogP contribution in [0.5, 0.6) is 0 Å². The first kappa shape index (κ1) is 14.8. The van der Waals surface area contributed by atoms with Crippen LogP contribution >= 0.6 is 11.6 Å². The van der Waals surface area contributed by atoms with Crippen molar-refractivity contribution in [3.05, 3.63) is 29.3 Å². The van der Waals surface area contributed by atoms with Gasteiger partial charge < -0.3 is 20.5 Å².